The van der Waals surface area contributed by atoms with Gasteiger partial charge >= 0.3 is 0 Å². The lowest BCUT2D eigenvalue weighted by molar-refractivity contribution is 0.196. The second kappa shape index (κ2) is 6.34. The Morgan fingerprint density at radius 3 is 2.75 bits per heavy atom. The van der Waals surface area contributed by atoms with Gasteiger partial charge in [-0.25, -0.2) is 0 Å². The van der Waals surface area contributed by atoms with Gasteiger partial charge in [0.05, 0.1) is 19.9 Å². The summed E-state index contributed by atoms with van der Waals surface area (Å²) < 4.78 is 11.1. The molecule has 6 heteroatoms. The fraction of sp³-hybridized carbons (Fsp3) is 0.300. The minimum absolute atomic E-state index is 0.0688. The first-order valence-electron chi connectivity index (χ1n) is 4.51. The molecule has 2 N–H and O–H groups in total. The molecule has 0 saturated heterocycles. The van der Waals surface area contributed by atoms with Crippen molar-refractivity contribution in [3.05, 3.63) is 22.2 Å². The van der Waals surface area contributed by atoms with Crippen LogP contribution < -0.4 is 9.47 Å². The number of rotatable bonds is 5. The van der Waals surface area contributed by atoms with Crippen molar-refractivity contribution in [2.45, 2.75) is 0 Å². The SMILES string of the molecule is COc1cc(C=NO)c(Br)cc1OCCO. The molecular weight excluding hydrogens is 278 g/mol. The average Bonchev–Trinajstić information content (AvgIpc) is 2.29. The molecule has 1 rings (SSSR count). The summed E-state index contributed by atoms with van der Waals surface area (Å²) in [5, 5.41) is 20.1. The highest BCUT2D eigenvalue weighted by Crippen LogP contribution is 2.32. The third-order valence-electron chi connectivity index (χ3n) is 1.83. The first-order chi connectivity index (χ1) is 7.72. The Morgan fingerprint density at radius 1 is 1.44 bits per heavy atom. The Kier molecular flexibility index (Phi) is 5.07. The van der Waals surface area contributed by atoms with Crippen LogP contribution in [0.4, 0.5) is 0 Å². The van der Waals surface area contributed by atoms with E-state index >= 15 is 0 Å². The third kappa shape index (κ3) is 3.11. The van der Waals surface area contributed by atoms with Gasteiger partial charge in [0.1, 0.15) is 6.61 Å². The van der Waals surface area contributed by atoms with Crippen molar-refractivity contribution in [1.29, 1.82) is 0 Å². The molecule has 0 aromatic heterocycles. The molecule has 0 aliphatic carbocycles. The molecule has 88 valence electrons. The quantitative estimate of drug-likeness (QED) is 0.491. The van der Waals surface area contributed by atoms with E-state index in [1.807, 2.05) is 0 Å². The van der Waals surface area contributed by atoms with Gasteiger partial charge in [0.15, 0.2) is 11.5 Å². The minimum atomic E-state index is -0.0688. The van der Waals surface area contributed by atoms with Gasteiger partial charge in [0.2, 0.25) is 0 Å². The number of ether oxygens (including phenoxy) is 2. The summed E-state index contributed by atoms with van der Waals surface area (Å²) >= 11 is 3.30. The predicted octanol–water partition coefficient (Wildman–Crippen LogP) is 1.64. The molecule has 0 spiro atoms. The zero-order chi connectivity index (χ0) is 12.0. The summed E-state index contributed by atoms with van der Waals surface area (Å²) in [5.41, 5.74) is 0.663. The fourth-order valence-corrected chi connectivity index (χ4v) is 1.56. The lowest BCUT2D eigenvalue weighted by Gasteiger charge is -2.11. The van der Waals surface area contributed by atoms with Crippen LogP contribution in [0.25, 0.3) is 0 Å². The molecule has 1 aromatic rings. The normalized spacial score (nSPS) is 10.7. The van der Waals surface area contributed by atoms with E-state index in [1.54, 1.807) is 12.1 Å². The van der Waals surface area contributed by atoms with Gasteiger partial charge in [-0.2, -0.15) is 0 Å². The van der Waals surface area contributed by atoms with Crippen molar-refractivity contribution in [3.8, 4) is 11.5 Å². The number of benzene rings is 1. The summed E-state index contributed by atoms with van der Waals surface area (Å²) in [6.45, 7) is 0.122. The highest BCUT2D eigenvalue weighted by Gasteiger charge is 2.09. The number of methoxy groups -OCH3 is 1. The Hall–Kier alpha value is -1.27. The number of aliphatic hydroxyl groups excluding tert-OH is 1. The van der Waals surface area contributed by atoms with Crippen LogP contribution in [-0.2, 0) is 0 Å². The van der Waals surface area contributed by atoms with E-state index in [2.05, 4.69) is 21.1 Å². The van der Waals surface area contributed by atoms with Gasteiger partial charge in [-0.3, -0.25) is 0 Å². The molecule has 5 nitrogen and oxygen atoms in total. The van der Waals surface area contributed by atoms with Crippen LogP contribution in [0.3, 0.4) is 0 Å². The van der Waals surface area contributed by atoms with Crippen LogP contribution in [0.2, 0.25) is 0 Å². The Labute approximate surface area is 101 Å². The zero-order valence-corrected chi connectivity index (χ0v) is 10.3. The maximum atomic E-state index is 8.67. The number of aliphatic hydroxyl groups is 1. The van der Waals surface area contributed by atoms with Crippen LogP contribution in [-0.4, -0.2) is 36.9 Å². The molecule has 16 heavy (non-hydrogen) atoms. The molecule has 0 fully saturated rings. The highest BCUT2D eigenvalue weighted by atomic mass is 79.9. The van der Waals surface area contributed by atoms with E-state index in [1.165, 1.54) is 13.3 Å². The van der Waals surface area contributed by atoms with Gasteiger partial charge in [-0.15, -0.1) is 0 Å². The topological polar surface area (TPSA) is 71.3 Å². The van der Waals surface area contributed by atoms with Crippen molar-refractivity contribution in [2.75, 3.05) is 20.3 Å². The van der Waals surface area contributed by atoms with Crippen LogP contribution >= 0.6 is 15.9 Å². The Morgan fingerprint density at radius 2 is 2.19 bits per heavy atom. The van der Waals surface area contributed by atoms with Crippen LogP contribution in [0, 0.1) is 0 Å². The second-order valence-corrected chi connectivity index (χ2v) is 3.70. The van der Waals surface area contributed by atoms with E-state index < -0.39 is 0 Å². The fourth-order valence-electron chi connectivity index (χ4n) is 1.14. The number of hydrogen-bond donors (Lipinski definition) is 2. The molecule has 0 atom stereocenters. The van der Waals surface area contributed by atoms with Crippen LogP contribution in [0.1, 0.15) is 5.56 Å². The van der Waals surface area contributed by atoms with Crippen LogP contribution in [0.15, 0.2) is 21.8 Å². The number of nitrogens with zero attached hydrogens (tertiary/aromatic N) is 1. The molecule has 0 unspecified atom stereocenters. The Bertz CT molecular complexity index is 381. The highest BCUT2D eigenvalue weighted by molar-refractivity contribution is 9.10. The first-order valence-corrected chi connectivity index (χ1v) is 5.30. The van der Waals surface area contributed by atoms with Crippen molar-refractivity contribution in [1.82, 2.24) is 0 Å². The molecule has 0 bridgehead atoms. The monoisotopic (exact) mass is 289 g/mol. The van der Waals surface area contributed by atoms with Gasteiger partial charge in [-0.1, -0.05) is 5.16 Å². The number of halogens is 1. The molecular formula is C10H12BrNO4. The summed E-state index contributed by atoms with van der Waals surface area (Å²) in [7, 11) is 1.51. The maximum absolute atomic E-state index is 8.67. The largest absolute Gasteiger partial charge is 0.493 e. The number of hydrogen-bond acceptors (Lipinski definition) is 5. The lowest BCUT2D eigenvalue weighted by Crippen LogP contribution is -2.03. The molecule has 0 saturated carbocycles. The second-order valence-electron chi connectivity index (χ2n) is 2.84. The summed E-state index contributed by atoms with van der Waals surface area (Å²) in [6.07, 6.45) is 1.28. The number of oxime groups is 1. The van der Waals surface area contributed by atoms with E-state index in [9.17, 15) is 0 Å². The Balaban J connectivity index is 3.05. The van der Waals surface area contributed by atoms with E-state index in [0.717, 1.165) is 0 Å². The van der Waals surface area contributed by atoms with E-state index in [0.29, 0.717) is 21.5 Å². The smallest absolute Gasteiger partial charge is 0.162 e. The van der Waals surface area contributed by atoms with Gasteiger partial charge in [0, 0.05) is 10.0 Å². The van der Waals surface area contributed by atoms with Crippen LogP contribution in [0.5, 0.6) is 11.5 Å². The lowest BCUT2D eigenvalue weighted by atomic mass is 10.2. The summed E-state index contributed by atoms with van der Waals surface area (Å²) in [4.78, 5) is 0. The van der Waals surface area contributed by atoms with Gasteiger partial charge in [0.25, 0.3) is 0 Å². The molecule has 0 aliphatic heterocycles. The summed E-state index contributed by atoms with van der Waals surface area (Å²) in [5.74, 6) is 1.02. The molecule has 0 amide bonds. The third-order valence-corrected chi connectivity index (χ3v) is 2.52. The van der Waals surface area contributed by atoms with Crippen molar-refractivity contribution < 1.29 is 19.8 Å². The molecule has 0 radical (unpaired) electrons. The van der Waals surface area contributed by atoms with E-state index in [4.69, 9.17) is 19.8 Å². The van der Waals surface area contributed by atoms with Gasteiger partial charge < -0.3 is 19.8 Å². The predicted molar refractivity (Wildman–Crippen MR) is 62.7 cm³/mol. The van der Waals surface area contributed by atoms with E-state index in [-0.39, 0.29) is 13.2 Å². The minimum Gasteiger partial charge on any atom is -0.493 e. The van der Waals surface area contributed by atoms with Crippen molar-refractivity contribution in [3.63, 3.8) is 0 Å². The standard InChI is InChI=1S/C10H12BrNO4/c1-15-9-4-7(6-12-14)8(11)5-10(9)16-3-2-13/h4-6,13-14H,2-3H2,1H3. The molecule has 1 aromatic carbocycles. The molecule has 0 aliphatic rings. The first kappa shape index (κ1) is 12.8. The zero-order valence-electron chi connectivity index (χ0n) is 8.68. The van der Waals surface area contributed by atoms with Gasteiger partial charge in [-0.05, 0) is 28.1 Å². The maximum Gasteiger partial charge on any atom is 0.162 e. The summed E-state index contributed by atoms with van der Waals surface area (Å²) in [6, 6.07) is 3.35. The van der Waals surface area contributed by atoms with Crippen molar-refractivity contribution in [2.24, 2.45) is 5.16 Å². The molecule has 0 heterocycles. The average molecular weight is 290 g/mol. The van der Waals surface area contributed by atoms with Crippen molar-refractivity contribution >= 4 is 22.1 Å².